The molecule has 0 aliphatic rings. The minimum atomic E-state index is -0.472. The molecule has 0 aliphatic carbocycles. The van der Waals surface area contributed by atoms with Crippen molar-refractivity contribution in [1.82, 2.24) is 10.3 Å². The van der Waals surface area contributed by atoms with Crippen LogP contribution < -0.4 is 15.4 Å². The molecule has 9 heteroatoms. The summed E-state index contributed by atoms with van der Waals surface area (Å²) in [7, 11) is 1.52. The van der Waals surface area contributed by atoms with E-state index in [0.29, 0.717) is 22.8 Å². The van der Waals surface area contributed by atoms with Crippen molar-refractivity contribution in [3.8, 4) is 17.1 Å². The number of ether oxygens (including phenoxy) is 1. The Morgan fingerprint density at radius 1 is 1.26 bits per heavy atom. The van der Waals surface area contributed by atoms with Crippen molar-refractivity contribution < 1.29 is 18.9 Å². The highest BCUT2D eigenvalue weighted by atomic mass is 16.6. The van der Waals surface area contributed by atoms with Crippen LogP contribution >= 0.6 is 0 Å². The van der Waals surface area contributed by atoms with Crippen LogP contribution in [0, 0.1) is 10.1 Å². The molecule has 0 saturated heterocycles. The Kier molecular flexibility index (Phi) is 5.31. The maximum Gasteiger partial charge on any atom is 0.319 e. The summed E-state index contributed by atoms with van der Waals surface area (Å²) < 4.78 is 10.6. The molecule has 0 spiro atoms. The first-order valence-electron chi connectivity index (χ1n) is 7.92. The van der Waals surface area contributed by atoms with Gasteiger partial charge in [-0.25, -0.2) is 9.78 Å². The summed E-state index contributed by atoms with van der Waals surface area (Å²) in [5.41, 5.74) is 2.00. The molecule has 3 aromatic rings. The maximum absolute atomic E-state index is 12.1. The van der Waals surface area contributed by atoms with E-state index in [1.807, 2.05) is 0 Å². The van der Waals surface area contributed by atoms with Gasteiger partial charge < -0.3 is 19.8 Å². The van der Waals surface area contributed by atoms with E-state index < -0.39 is 11.0 Å². The van der Waals surface area contributed by atoms with Gasteiger partial charge in [0.15, 0.2) is 12.2 Å². The molecule has 1 aromatic heterocycles. The molecule has 0 saturated carbocycles. The third-order valence-corrected chi connectivity index (χ3v) is 3.76. The van der Waals surface area contributed by atoms with Gasteiger partial charge in [-0.3, -0.25) is 10.1 Å². The van der Waals surface area contributed by atoms with Gasteiger partial charge >= 0.3 is 6.03 Å². The number of carbonyl (C=O) groups excluding carboxylic acids is 1. The van der Waals surface area contributed by atoms with Crippen LogP contribution in [0.2, 0.25) is 0 Å². The molecule has 0 radical (unpaired) electrons. The van der Waals surface area contributed by atoms with Gasteiger partial charge in [0, 0.05) is 30.4 Å². The highest BCUT2D eigenvalue weighted by Gasteiger charge is 2.11. The Morgan fingerprint density at radius 2 is 2.04 bits per heavy atom. The van der Waals surface area contributed by atoms with Gasteiger partial charge in [0.1, 0.15) is 5.75 Å². The highest BCUT2D eigenvalue weighted by Crippen LogP contribution is 2.32. The predicted octanol–water partition coefficient (Wildman–Crippen LogP) is 3.58. The number of hydrogen-bond acceptors (Lipinski definition) is 6. The first-order chi connectivity index (χ1) is 13.1. The lowest BCUT2D eigenvalue weighted by atomic mass is 10.1. The van der Waals surface area contributed by atoms with Gasteiger partial charge in [-0.1, -0.05) is 12.1 Å². The van der Waals surface area contributed by atoms with E-state index in [1.165, 1.54) is 25.6 Å². The van der Waals surface area contributed by atoms with Crippen LogP contribution in [-0.2, 0) is 6.54 Å². The summed E-state index contributed by atoms with van der Waals surface area (Å²) in [5, 5.41) is 16.0. The molecule has 0 bridgehead atoms. The van der Waals surface area contributed by atoms with E-state index in [9.17, 15) is 14.9 Å². The fourth-order valence-electron chi connectivity index (χ4n) is 2.41. The number of methoxy groups -OCH3 is 1. The molecule has 1 heterocycles. The number of hydrogen-bond donors (Lipinski definition) is 2. The number of rotatable bonds is 6. The minimum Gasteiger partial charge on any atom is -0.496 e. The molecule has 0 aliphatic heterocycles. The SMILES string of the molecule is COc1cc(NC(=O)NCc2ccc([N+](=O)[O-])cc2)ccc1-c1cnco1. The number of urea groups is 1. The van der Waals surface area contributed by atoms with Crippen LogP contribution in [0.15, 0.2) is 59.5 Å². The number of aromatic nitrogens is 1. The third kappa shape index (κ3) is 4.40. The number of benzene rings is 2. The zero-order valence-corrected chi connectivity index (χ0v) is 14.3. The second-order valence-electron chi connectivity index (χ2n) is 5.51. The van der Waals surface area contributed by atoms with Crippen molar-refractivity contribution in [2.75, 3.05) is 12.4 Å². The lowest BCUT2D eigenvalue weighted by molar-refractivity contribution is -0.384. The van der Waals surface area contributed by atoms with E-state index in [0.717, 1.165) is 5.56 Å². The van der Waals surface area contributed by atoms with Crippen LogP contribution in [-0.4, -0.2) is 23.0 Å². The minimum absolute atomic E-state index is 0.00198. The van der Waals surface area contributed by atoms with E-state index in [-0.39, 0.29) is 12.2 Å². The Morgan fingerprint density at radius 3 is 2.67 bits per heavy atom. The van der Waals surface area contributed by atoms with Crippen molar-refractivity contribution >= 4 is 17.4 Å². The van der Waals surface area contributed by atoms with Crippen LogP contribution in [0.5, 0.6) is 5.75 Å². The summed E-state index contributed by atoms with van der Waals surface area (Å²) in [6.45, 7) is 0.233. The quantitative estimate of drug-likeness (QED) is 0.507. The maximum atomic E-state index is 12.1. The third-order valence-electron chi connectivity index (χ3n) is 3.76. The molecule has 3 rings (SSSR count). The van der Waals surface area contributed by atoms with Crippen molar-refractivity contribution in [1.29, 1.82) is 0 Å². The van der Waals surface area contributed by atoms with Gasteiger partial charge in [0.25, 0.3) is 5.69 Å². The molecule has 0 fully saturated rings. The van der Waals surface area contributed by atoms with E-state index in [2.05, 4.69) is 15.6 Å². The highest BCUT2D eigenvalue weighted by molar-refractivity contribution is 5.90. The summed E-state index contributed by atoms with van der Waals surface area (Å²) >= 11 is 0. The lowest BCUT2D eigenvalue weighted by Crippen LogP contribution is -2.28. The molecule has 2 amide bonds. The number of oxazole rings is 1. The van der Waals surface area contributed by atoms with Crippen LogP contribution in [0.25, 0.3) is 11.3 Å². The molecule has 27 heavy (non-hydrogen) atoms. The van der Waals surface area contributed by atoms with Gasteiger partial charge in [-0.2, -0.15) is 0 Å². The molecule has 0 atom stereocenters. The second-order valence-corrected chi connectivity index (χ2v) is 5.51. The smallest absolute Gasteiger partial charge is 0.319 e. The number of anilines is 1. The van der Waals surface area contributed by atoms with Crippen LogP contribution in [0.3, 0.4) is 0 Å². The van der Waals surface area contributed by atoms with Crippen molar-refractivity contribution in [3.63, 3.8) is 0 Å². The van der Waals surface area contributed by atoms with Crippen LogP contribution in [0.1, 0.15) is 5.56 Å². The number of nitro groups is 1. The summed E-state index contributed by atoms with van der Waals surface area (Å²) in [5.74, 6) is 1.08. The number of carbonyl (C=O) groups is 1. The zero-order valence-electron chi connectivity index (χ0n) is 14.3. The summed E-state index contributed by atoms with van der Waals surface area (Å²) in [4.78, 5) is 26.1. The molecular weight excluding hydrogens is 352 g/mol. The van der Waals surface area contributed by atoms with Crippen molar-refractivity contribution in [3.05, 3.63) is 70.7 Å². The van der Waals surface area contributed by atoms with Gasteiger partial charge in [0.05, 0.1) is 23.8 Å². The predicted molar refractivity (Wildman–Crippen MR) is 97.4 cm³/mol. The largest absolute Gasteiger partial charge is 0.496 e. The van der Waals surface area contributed by atoms with Gasteiger partial charge in [0.2, 0.25) is 0 Å². The standard InChI is InChI=1S/C18H16N4O5/c1-26-16-8-13(4-7-15(16)17-10-19-11-27-17)21-18(23)20-9-12-2-5-14(6-3-12)22(24)25/h2-8,10-11H,9H2,1H3,(H2,20,21,23). The van der Waals surface area contributed by atoms with Gasteiger partial charge in [-0.15, -0.1) is 0 Å². The van der Waals surface area contributed by atoms with Crippen molar-refractivity contribution in [2.24, 2.45) is 0 Å². The fraction of sp³-hybridized carbons (Fsp3) is 0.111. The number of nitrogens with one attached hydrogen (secondary N) is 2. The lowest BCUT2D eigenvalue weighted by Gasteiger charge is -2.11. The number of nitro benzene ring substituents is 1. The van der Waals surface area contributed by atoms with E-state index in [4.69, 9.17) is 9.15 Å². The van der Waals surface area contributed by atoms with Crippen molar-refractivity contribution in [2.45, 2.75) is 6.54 Å². The topological polar surface area (TPSA) is 120 Å². The molecule has 138 valence electrons. The van der Waals surface area contributed by atoms with Gasteiger partial charge in [-0.05, 0) is 17.7 Å². The summed E-state index contributed by atoms with van der Waals surface area (Å²) in [6.07, 6.45) is 2.90. The van der Waals surface area contributed by atoms with E-state index >= 15 is 0 Å². The van der Waals surface area contributed by atoms with E-state index in [1.54, 1.807) is 36.5 Å². The molecule has 0 unspecified atom stereocenters. The molecule has 2 N–H and O–H groups in total. The Bertz CT molecular complexity index is 939. The Labute approximate surface area is 154 Å². The average Bonchev–Trinajstić information content (AvgIpc) is 3.21. The summed E-state index contributed by atoms with van der Waals surface area (Å²) in [6, 6.07) is 10.7. The monoisotopic (exact) mass is 368 g/mol. The van der Waals surface area contributed by atoms with Crippen LogP contribution in [0.4, 0.5) is 16.2 Å². The normalized spacial score (nSPS) is 10.3. The Balaban J connectivity index is 1.61. The zero-order chi connectivity index (χ0) is 19.2. The molecule has 9 nitrogen and oxygen atoms in total. The molecular formula is C18H16N4O5. The Hall–Kier alpha value is -3.88. The average molecular weight is 368 g/mol. The fourth-order valence-corrected chi connectivity index (χ4v) is 2.41. The second kappa shape index (κ2) is 8.00. The number of nitrogens with zero attached hydrogens (tertiary/aromatic N) is 2. The molecule has 2 aromatic carbocycles. The first kappa shape index (κ1) is 17.9. The first-order valence-corrected chi connectivity index (χ1v) is 7.92. The number of non-ortho nitro benzene ring substituents is 1. The number of amides is 2.